The molecule has 0 spiro atoms. The summed E-state index contributed by atoms with van der Waals surface area (Å²) < 4.78 is 17.9. The van der Waals surface area contributed by atoms with Gasteiger partial charge in [0.25, 0.3) is 5.91 Å². The first-order valence-electron chi connectivity index (χ1n) is 8.00. The fourth-order valence-electron chi connectivity index (χ4n) is 2.20. The number of unbranched alkanes of at least 4 members (excludes halogenated alkanes) is 1. The first kappa shape index (κ1) is 18.9. The second-order valence-electron chi connectivity index (χ2n) is 5.55. The molecule has 0 heterocycles. The van der Waals surface area contributed by atoms with Crippen molar-refractivity contribution in [3.05, 3.63) is 64.4 Å². The Balaban J connectivity index is 1.84. The molecule has 0 radical (unpaired) electrons. The molecule has 2 aromatic carbocycles. The van der Waals surface area contributed by atoms with Gasteiger partial charge in [-0.05, 0) is 48.7 Å². The molecule has 0 fully saturated rings. The average molecular weight is 364 g/mol. The summed E-state index contributed by atoms with van der Waals surface area (Å²) in [5, 5.41) is 2.58. The summed E-state index contributed by atoms with van der Waals surface area (Å²) in [4.78, 5) is 23.7. The molecule has 0 aliphatic carbocycles. The number of hydrogen-bond acceptors (Lipinski definition) is 3. The summed E-state index contributed by atoms with van der Waals surface area (Å²) in [6, 6.07) is 10.8. The predicted octanol–water partition coefficient (Wildman–Crippen LogP) is 4.62. The van der Waals surface area contributed by atoms with E-state index in [1.54, 1.807) is 0 Å². The van der Waals surface area contributed by atoms with Gasteiger partial charge < -0.3 is 10.1 Å². The number of anilines is 1. The van der Waals surface area contributed by atoms with Crippen molar-refractivity contribution in [3.8, 4) is 0 Å². The van der Waals surface area contributed by atoms with Gasteiger partial charge in [0, 0.05) is 5.69 Å². The van der Waals surface area contributed by atoms with Gasteiger partial charge in [-0.15, -0.1) is 0 Å². The van der Waals surface area contributed by atoms with Crippen LogP contribution in [0.25, 0.3) is 0 Å². The SMILES string of the molecule is CCCCc1ccc(NC(=O)COC(=O)c2ccc(F)cc2Cl)cc1. The van der Waals surface area contributed by atoms with Crippen molar-refractivity contribution in [2.75, 3.05) is 11.9 Å². The molecule has 0 saturated carbocycles. The van der Waals surface area contributed by atoms with Crippen LogP contribution in [-0.4, -0.2) is 18.5 Å². The Morgan fingerprint density at radius 3 is 2.52 bits per heavy atom. The summed E-state index contributed by atoms with van der Waals surface area (Å²) in [6.07, 6.45) is 3.25. The Hall–Kier alpha value is -2.40. The van der Waals surface area contributed by atoms with Crippen molar-refractivity contribution in [1.82, 2.24) is 0 Å². The molecule has 25 heavy (non-hydrogen) atoms. The second kappa shape index (κ2) is 9.18. The van der Waals surface area contributed by atoms with Crippen LogP contribution in [0, 0.1) is 5.82 Å². The quantitative estimate of drug-likeness (QED) is 0.730. The first-order chi connectivity index (χ1) is 12.0. The topological polar surface area (TPSA) is 55.4 Å². The lowest BCUT2D eigenvalue weighted by molar-refractivity contribution is -0.119. The lowest BCUT2D eigenvalue weighted by atomic mass is 10.1. The van der Waals surface area contributed by atoms with Crippen molar-refractivity contribution >= 4 is 29.2 Å². The molecule has 6 heteroatoms. The van der Waals surface area contributed by atoms with E-state index in [0.29, 0.717) is 5.69 Å². The van der Waals surface area contributed by atoms with Crippen LogP contribution in [0.15, 0.2) is 42.5 Å². The van der Waals surface area contributed by atoms with Crippen molar-refractivity contribution in [2.45, 2.75) is 26.2 Å². The molecule has 0 aliphatic heterocycles. The van der Waals surface area contributed by atoms with Crippen LogP contribution in [0.5, 0.6) is 0 Å². The number of benzene rings is 2. The molecule has 4 nitrogen and oxygen atoms in total. The van der Waals surface area contributed by atoms with Gasteiger partial charge in [-0.2, -0.15) is 0 Å². The zero-order valence-electron chi connectivity index (χ0n) is 13.9. The Bertz CT molecular complexity index is 747. The highest BCUT2D eigenvalue weighted by Gasteiger charge is 2.14. The number of carbonyl (C=O) groups is 2. The second-order valence-corrected chi connectivity index (χ2v) is 5.96. The highest BCUT2D eigenvalue weighted by atomic mass is 35.5. The van der Waals surface area contributed by atoms with Gasteiger partial charge >= 0.3 is 5.97 Å². The largest absolute Gasteiger partial charge is 0.452 e. The lowest BCUT2D eigenvalue weighted by Crippen LogP contribution is -2.21. The van der Waals surface area contributed by atoms with E-state index < -0.39 is 24.3 Å². The fourth-order valence-corrected chi connectivity index (χ4v) is 2.44. The van der Waals surface area contributed by atoms with Gasteiger partial charge in [-0.3, -0.25) is 4.79 Å². The summed E-state index contributed by atoms with van der Waals surface area (Å²) in [5.74, 6) is -1.80. The molecule has 132 valence electrons. The molecule has 1 amide bonds. The molecule has 0 atom stereocenters. The molecule has 1 N–H and O–H groups in total. The van der Waals surface area contributed by atoms with Crippen molar-refractivity contribution in [1.29, 1.82) is 0 Å². The van der Waals surface area contributed by atoms with Crippen LogP contribution >= 0.6 is 11.6 Å². The average Bonchev–Trinajstić information content (AvgIpc) is 2.59. The normalized spacial score (nSPS) is 10.4. The van der Waals surface area contributed by atoms with E-state index in [4.69, 9.17) is 16.3 Å². The van der Waals surface area contributed by atoms with Crippen molar-refractivity contribution in [3.63, 3.8) is 0 Å². The van der Waals surface area contributed by atoms with Gasteiger partial charge in [0.1, 0.15) is 5.82 Å². The van der Waals surface area contributed by atoms with E-state index >= 15 is 0 Å². The molecule has 0 aliphatic rings. The first-order valence-corrected chi connectivity index (χ1v) is 8.38. The van der Waals surface area contributed by atoms with Crippen LogP contribution < -0.4 is 5.32 Å². The number of ether oxygens (including phenoxy) is 1. The molecular formula is C19H19ClFNO3. The van der Waals surface area contributed by atoms with Crippen LogP contribution in [0.4, 0.5) is 10.1 Å². The third kappa shape index (κ3) is 5.87. The Kier molecular flexibility index (Phi) is 6.95. The van der Waals surface area contributed by atoms with Crippen LogP contribution in [-0.2, 0) is 16.0 Å². The van der Waals surface area contributed by atoms with Crippen LogP contribution in [0.3, 0.4) is 0 Å². The maximum atomic E-state index is 13.0. The maximum absolute atomic E-state index is 13.0. The van der Waals surface area contributed by atoms with E-state index in [-0.39, 0.29) is 10.6 Å². The minimum atomic E-state index is -0.782. The van der Waals surface area contributed by atoms with E-state index in [9.17, 15) is 14.0 Å². The number of carbonyl (C=O) groups excluding carboxylic acids is 2. The van der Waals surface area contributed by atoms with Gasteiger partial charge in [0.2, 0.25) is 0 Å². The standard InChI is InChI=1S/C19H19ClFNO3/c1-2-3-4-13-5-8-15(9-6-13)22-18(23)12-25-19(24)16-10-7-14(21)11-17(16)20/h5-11H,2-4,12H2,1H3,(H,22,23). The van der Waals surface area contributed by atoms with Gasteiger partial charge in [-0.1, -0.05) is 37.1 Å². The third-order valence-electron chi connectivity index (χ3n) is 3.54. The number of esters is 1. The molecule has 0 saturated heterocycles. The van der Waals surface area contributed by atoms with Crippen molar-refractivity contribution in [2.24, 2.45) is 0 Å². The highest BCUT2D eigenvalue weighted by Crippen LogP contribution is 2.18. The summed E-state index contributed by atoms with van der Waals surface area (Å²) in [7, 11) is 0. The van der Waals surface area contributed by atoms with E-state index in [2.05, 4.69) is 12.2 Å². The molecule has 0 bridgehead atoms. The number of aryl methyl sites for hydroxylation is 1. The molecule has 0 aromatic heterocycles. The van der Waals surface area contributed by atoms with Crippen LogP contribution in [0.2, 0.25) is 5.02 Å². The van der Waals surface area contributed by atoms with Gasteiger partial charge in [0.05, 0.1) is 10.6 Å². The molecule has 0 unspecified atom stereocenters. The Labute approximate surface area is 150 Å². The lowest BCUT2D eigenvalue weighted by Gasteiger charge is -2.08. The monoisotopic (exact) mass is 363 g/mol. The number of halogens is 2. The Morgan fingerprint density at radius 1 is 1.16 bits per heavy atom. The number of amides is 1. The zero-order valence-corrected chi connectivity index (χ0v) is 14.6. The zero-order chi connectivity index (χ0) is 18.2. The van der Waals surface area contributed by atoms with E-state index in [1.807, 2.05) is 24.3 Å². The molecule has 2 rings (SSSR count). The summed E-state index contributed by atoms with van der Waals surface area (Å²) in [5.41, 5.74) is 1.84. The fraction of sp³-hybridized carbons (Fsp3) is 0.263. The van der Waals surface area contributed by atoms with E-state index in [1.165, 1.54) is 11.6 Å². The van der Waals surface area contributed by atoms with Gasteiger partial charge in [-0.25, -0.2) is 9.18 Å². The van der Waals surface area contributed by atoms with Gasteiger partial charge in [0.15, 0.2) is 6.61 Å². The number of hydrogen-bond donors (Lipinski definition) is 1. The predicted molar refractivity (Wildman–Crippen MR) is 95.4 cm³/mol. The minimum absolute atomic E-state index is 0.0103. The molecular weight excluding hydrogens is 345 g/mol. The van der Waals surface area contributed by atoms with Crippen molar-refractivity contribution < 1.29 is 18.7 Å². The van der Waals surface area contributed by atoms with Crippen LogP contribution in [0.1, 0.15) is 35.7 Å². The minimum Gasteiger partial charge on any atom is -0.452 e. The summed E-state index contributed by atoms with van der Waals surface area (Å²) >= 11 is 5.78. The molecule has 2 aromatic rings. The third-order valence-corrected chi connectivity index (χ3v) is 3.85. The maximum Gasteiger partial charge on any atom is 0.340 e. The summed E-state index contributed by atoms with van der Waals surface area (Å²) in [6.45, 7) is 1.68. The smallest absolute Gasteiger partial charge is 0.340 e. The number of rotatable bonds is 7. The van der Waals surface area contributed by atoms with E-state index in [0.717, 1.165) is 31.4 Å². The highest BCUT2D eigenvalue weighted by molar-refractivity contribution is 6.33. The Morgan fingerprint density at radius 2 is 1.88 bits per heavy atom. The number of nitrogens with one attached hydrogen (secondary N) is 1.